The third kappa shape index (κ3) is 3.65. The van der Waals surface area contributed by atoms with E-state index in [-0.39, 0.29) is 11.3 Å². The van der Waals surface area contributed by atoms with E-state index in [1.807, 2.05) is 30.3 Å². The van der Waals surface area contributed by atoms with Gasteiger partial charge in [-0.1, -0.05) is 30.3 Å². The van der Waals surface area contributed by atoms with Crippen LogP contribution in [-0.4, -0.2) is 19.5 Å². The standard InChI is InChI=1S/C20H15F3N4OS/c1-12(9-13-5-3-2-4-6-13)27-18(15-10-29-11-25-15)26-14-7-8-24-17(20(21,22)23)16(14)19(27)28/h2-8,10-12H,9H2,1H3/t12-/m1/s1. The third-order valence-corrected chi connectivity index (χ3v) is 5.15. The number of thiazole rings is 1. The Bertz CT molecular complexity index is 1200. The van der Waals surface area contributed by atoms with E-state index in [0.717, 1.165) is 11.8 Å². The lowest BCUT2D eigenvalue weighted by Crippen LogP contribution is -2.29. The summed E-state index contributed by atoms with van der Waals surface area (Å²) in [5, 5.41) is 1.18. The lowest BCUT2D eigenvalue weighted by Gasteiger charge is -2.20. The molecule has 9 heteroatoms. The molecular formula is C20H15F3N4OS. The van der Waals surface area contributed by atoms with Crippen LogP contribution in [0.15, 0.2) is 58.3 Å². The summed E-state index contributed by atoms with van der Waals surface area (Å²) >= 11 is 1.32. The molecule has 0 radical (unpaired) electrons. The highest BCUT2D eigenvalue weighted by molar-refractivity contribution is 7.07. The van der Waals surface area contributed by atoms with Gasteiger partial charge >= 0.3 is 6.18 Å². The molecule has 5 nitrogen and oxygen atoms in total. The maximum atomic E-state index is 13.5. The first-order valence-electron chi connectivity index (χ1n) is 8.77. The number of pyridine rings is 1. The lowest BCUT2D eigenvalue weighted by molar-refractivity contribution is -0.139. The van der Waals surface area contributed by atoms with Crippen molar-refractivity contribution >= 4 is 22.2 Å². The molecule has 29 heavy (non-hydrogen) atoms. The highest BCUT2D eigenvalue weighted by Gasteiger charge is 2.36. The van der Waals surface area contributed by atoms with Crippen LogP contribution in [0.3, 0.4) is 0 Å². The zero-order valence-electron chi connectivity index (χ0n) is 15.2. The fraction of sp³-hybridized carbons (Fsp3) is 0.200. The summed E-state index contributed by atoms with van der Waals surface area (Å²) in [7, 11) is 0. The molecule has 0 spiro atoms. The van der Waals surface area contributed by atoms with E-state index in [1.54, 1.807) is 17.8 Å². The monoisotopic (exact) mass is 416 g/mol. The summed E-state index contributed by atoms with van der Waals surface area (Å²) in [4.78, 5) is 25.3. The SMILES string of the molecule is C[C@H](Cc1ccccc1)n1c(-c2cscn2)nc2ccnc(C(F)(F)F)c2c1=O. The van der Waals surface area contributed by atoms with Crippen LogP contribution in [0.2, 0.25) is 0 Å². The molecule has 4 rings (SSSR count). The van der Waals surface area contributed by atoms with Gasteiger partial charge in [-0.3, -0.25) is 14.3 Å². The van der Waals surface area contributed by atoms with Crippen LogP contribution in [0.5, 0.6) is 0 Å². The van der Waals surface area contributed by atoms with E-state index in [9.17, 15) is 18.0 Å². The Morgan fingerprint density at radius 1 is 1.14 bits per heavy atom. The number of benzene rings is 1. The predicted octanol–water partition coefficient (Wildman–Crippen LogP) is 4.74. The fourth-order valence-corrected chi connectivity index (χ4v) is 3.84. The van der Waals surface area contributed by atoms with Gasteiger partial charge in [0.15, 0.2) is 11.5 Å². The predicted molar refractivity (Wildman–Crippen MR) is 105 cm³/mol. The van der Waals surface area contributed by atoms with Gasteiger partial charge in [0, 0.05) is 17.6 Å². The molecule has 0 aliphatic carbocycles. The van der Waals surface area contributed by atoms with Crippen molar-refractivity contribution < 1.29 is 13.2 Å². The molecule has 4 aromatic rings. The fourth-order valence-electron chi connectivity index (χ4n) is 3.31. The van der Waals surface area contributed by atoms with Gasteiger partial charge in [0.25, 0.3) is 5.56 Å². The van der Waals surface area contributed by atoms with E-state index in [4.69, 9.17) is 0 Å². The molecule has 0 unspecified atom stereocenters. The number of fused-ring (bicyclic) bond motifs is 1. The van der Waals surface area contributed by atoms with Crippen LogP contribution < -0.4 is 5.56 Å². The zero-order chi connectivity index (χ0) is 20.6. The van der Waals surface area contributed by atoms with Gasteiger partial charge in [0.05, 0.1) is 16.4 Å². The van der Waals surface area contributed by atoms with Crippen LogP contribution in [0.1, 0.15) is 24.2 Å². The van der Waals surface area contributed by atoms with Crippen molar-refractivity contribution in [1.29, 1.82) is 0 Å². The number of halogens is 3. The third-order valence-electron chi connectivity index (χ3n) is 4.56. The molecule has 0 saturated carbocycles. The molecule has 0 aliphatic heterocycles. The minimum atomic E-state index is -4.76. The zero-order valence-corrected chi connectivity index (χ0v) is 16.0. The second kappa shape index (κ2) is 7.40. The Morgan fingerprint density at radius 3 is 2.55 bits per heavy atom. The molecule has 1 aromatic carbocycles. The van der Waals surface area contributed by atoms with E-state index >= 15 is 0 Å². The van der Waals surface area contributed by atoms with Crippen molar-refractivity contribution in [2.24, 2.45) is 0 Å². The van der Waals surface area contributed by atoms with Crippen molar-refractivity contribution in [2.75, 3.05) is 0 Å². The van der Waals surface area contributed by atoms with E-state index in [1.165, 1.54) is 22.0 Å². The van der Waals surface area contributed by atoms with E-state index in [2.05, 4.69) is 15.0 Å². The summed E-state index contributed by atoms with van der Waals surface area (Å²) in [5.41, 5.74) is 0.937. The Hall–Kier alpha value is -3.07. The van der Waals surface area contributed by atoms with Gasteiger partial charge in [-0.2, -0.15) is 13.2 Å². The summed E-state index contributed by atoms with van der Waals surface area (Å²) in [5.74, 6) is 0.242. The summed E-state index contributed by atoms with van der Waals surface area (Å²) in [6.07, 6.45) is -3.30. The van der Waals surface area contributed by atoms with Crippen LogP contribution in [0.4, 0.5) is 13.2 Å². The number of hydrogen-bond donors (Lipinski definition) is 0. The molecule has 0 saturated heterocycles. The van der Waals surface area contributed by atoms with Gasteiger partial charge in [0.2, 0.25) is 0 Å². The van der Waals surface area contributed by atoms with E-state index in [0.29, 0.717) is 12.1 Å². The molecule has 0 fully saturated rings. The maximum absolute atomic E-state index is 13.5. The van der Waals surface area contributed by atoms with Crippen molar-refractivity contribution in [2.45, 2.75) is 25.6 Å². The molecule has 3 aromatic heterocycles. The van der Waals surface area contributed by atoms with E-state index < -0.39 is 28.9 Å². The number of alkyl halides is 3. The van der Waals surface area contributed by atoms with Crippen molar-refractivity contribution in [3.05, 3.63) is 75.1 Å². The Kier molecular flexibility index (Phi) is 4.91. The topological polar surface area (TPSA) is 60.7 Å². The molecule has 0 N–H and O–H groups in total. The Morgan fingerprint density at radius 2 is 1.90 bits per heavy atom. The highest BCUT2D eigenvalue weighted by atomic mass is 32.1. The van der Waals surface area contributed by atoms with Gasteiger partial charge in [-0.25, -0.2) is 9.97 Å². The largest absolute Gasteiger partial charge is 0.434 e. The molecule has 148 valence electrons. The minimum Gasteiger partial charge on any atom is -0.288 e. The van der Waals surface area contributed by atoms with Gasteiger partial charge < -0.3 is 0 Å². The second-order valence-corrected chi connectivity index (χ2v) is 7.29. The number of hydrogen-bond acceptors (Lipinski definition) is 5. The molecule has 1 atom stereocenters. The Balaban J connectivity index is 1.98. The first kappa shape index (κ1) is 19.3. The van der Waals surface area contributed by atoms with Gasteiger partial charge in [-0.05, 0) is 25.0 Å². The van der Waals surface area contributed by atoms with Gasteiger partial charge in [-0.15, -0.1) is 11.3 Å². The smallest absolute Gasteiger partial charge is 0.288 e. The van der Waals surface area contributed by atoms with Crippen molar-refractivity contribution in [3.63, 3.8) is 0 Å². The summed E-state index contributed by atoms with van der Waals surface area (Å²) in [6, 6.07) is 10.3. The average molecular weight is 416 g/mol. The number of nitrogens with zero attached hydrogens (tertiary/aromatic N) is 4. The number of aromatic nitrogens is 4. The van der Waals surface area contributed by atoms with Crippen LogP contribution in [0, 0.1) is 0 Å². The second-order valence-electron chi connectivity index (χ2n) is 6.57. The number of rotatable bonds is 4. The quantitative estimate of drug-likeness (QED) is 0.482. The highest BCUT2D eigenvalue weighted by Crippen LogP contribution is 2.32. The average Bonchev–Trinajstić information content (AvgIpc) is 3.22. The van der Waals surface area contributed by atoms with Crippen LogP contribution in [-0.2, 0) is 12.6 Å². The normalized spacial score (nSPS) is 13.0. The summed E-state index contributed by atoms with van der Waals surface area (Å²) in [6.45, 7) is 1.78. The maximum Gasteiger partial charge on any atom is 0.434 e. The van der Waals surface area contributed by atoms with Crippen LogP contribution >= 0.6 is 11.3 Å². The molecular weight excluding hydrogens is 401 g/mol. The molecule has 0 bridgehead atoms. The van der Waals surface area contributed by atoms with Gasteiger partial charge in [0.1, 0.15) is 5.69 Å². The van der Waals surface area contributed by atoms with Crippen LogP contribution in [0.25, 0.3) is 22.4 Å². The molecule has 3 heterocycles. The first-order valence-corrected chi connectivity index (χ1v) is 9.71. The van der Waals surface area contributed by atoms with Crippen molar-refractivity contribution in [1.82, 2.24) is 19.5 Å². The molecule has 0 amide bonds. The summed E-state index contributed by atoms with van der Waals surface area (Å²) < 4.78 is 41.8. The minimum absolute atomic E-state index is 0.0523. The first-order chi connectivity index (χ1) is 13.9. The van der Waals surface area contributed by atoms with Crippen molar-refractivity contribution in [3.8, 4) is 11.5 Å². The molecule has 0 aliphatic rings. The Labute approximate surface area is 167 Å². The lowest BCUT2D eigenvalue weighted by atomic mass is 10.1.